The quantitative estimate of drug-likeness (QED) is 0.826. The van der Waals surface area contributed by atoms with Crippen LogP contribution < -0.4 is 5.73 Å². The molecule has 2 unspecified atom stereocenters. The number of nitrogens with two attached hydrogens (primary N) is 1. The van der Waals surface area contributed by atoms with Gasteiger partial charge in [0.2, 0.25) is 0 Å². The van der Waals surface area contributed by atoms with Crippen molar-refractivity contribution in [3.8, 4) is 0 Å². The molecule has 2 atom stereocenters. The van der Waals surface area contributed by atoms with E-state index >= 15 is 0 Å². The maximum Gasteiger partial charge on any atom is 0.0496 e. The summed E-state index contributed by atoms with van der Waals surface area (Å²) in [4.78, 5) is 2.41. The largest absolute Gasteiger partial charge is 0.326 e. The standard InChI is InChI=1S/C14H24N2/c1-5-16(6-2)14(12(4)15)13-9-7-11(3)8-10-13/h7-10,12,14H,5-6,15H2,1-4H3. The van der Waals surface area contributed by atoms with Crippen molar-refractivity contribution in [3.05, 3.63) is 35.4 Å². The normalized spacial score (nSPS) is 15.1. The summed E-state index contributed by atoms with van der Waals surface area (Å²) in [7, 11) is 0. The molecule has 2 nitrogen and oxygen atoms in total. The summed E-state index contributed by atoms with van der Waals surface area (Å²) in [6.07, 6.45) is 0. The third kappa shape index (κ3) is 3.06. The van der Waals surface area contributed by atoms with Gasteiger partial charge in [-0.25, -0.2) is 0 Å². The Labute approximate surface area is 99.5 Å². The fourth-order valence-corrected chi connectivity index (χ4v) is 2.23. The van der Waals surface area contributed by atoms with Crippen LogP contribution >= 0.6 is 0 Å². The second-order valence-corrected chi connectivity index (χ2v) is 4.44. The number of rotatable bonds is 5. The average molecular weight is 220 g/mol. The van der Waals surface area contributed by atoms with E-state index in [4.69, 9.17) is 5.73 Å². The van der Waals surface area contributed by atoms with Crippen molar-refractivity contribution in [1.29, 1.82) is 0 Å². The van der Waals surface area contributed by atoms with Crippen molar-refractivity contribution in [2.45, 2.75) is 39.8 Å². The van der Waals surface area contributed by atoms with Crippen molar-refractivity contribution in [2.75, 3.05) is 13.1 Å². The van der Waals surface area contributed by atoms with E-state index in [1.807, 2.05) is 0 Å². The van der Waals surface area contributed by atoms with Crippen molar-refractivity contribution in [3.63, 3.8) is 0 Å². The highest BCUT2D eigenvalue weighted by Gasteiger charge is 2.21. The maximum absolute atomic E-state index is 6.12. The van der Waals surface area contributed by atoms with Gasteiger partial charge in [-0.3, -0.25) is 4.90 Å². The van der Waals surface area contributed by atoms with Crippen molar-refractivity contribution in [1.82, 2.24) is 4.90 Å². The molecule has 90 valence electrons. The summed E-state index contributed by atoms with van der Waals surface area (Å²) >= 11 is 0. The number of hydrogen-bond acceptors (Lipinski definition) is 2. The highest BCUT2D eigenvalue weighted by Crippen LogP contribution is 2.23. The Morgan fingerprint density at radius 3 is 2.00 bits per heavy atom. The molecule has 16 heavy (non-hydrogen) atoms. The minimum atomic E-state index is 0.155. The van der Waals surface area contributed by atoms with Crippen LogP contribution in [-0.2, 0) is 0 Å². The molecule has 0 fully saturated rings. The lowest BCUT2D eigenvalue weighted by Crippen LogP contribution is -2.39. The predicted octanol–water partition coefficient (Wildman–Crippen LogP) is 2.73. The van der Waals surface area contributed by atoms with Gasteiger partial charge in [-0.2, -0.15) is 0 Å². The molecule has 0 aliphatic heterocycles. The first-order valence-corrected chi connectivity index (χ1v) is 6.16. The lowest BCUT2D eigenvalue weighted by Gasteiger charge is -2.33. The van der Waals surface area contributed by atoms with Crippen molar-refractivity contribution < 1.29 is 0 Å². The smallest absolute Gasteiger partial charge is 0.0496 e. The Kier molecular flexibility index (Phi) is 4.97. The van der Waals surface area contributed by atoms with Gasteiger partial charge in [-0.05, 0) is 32.5 Å². The SMILES string of the molecule is CCN(CC)C(c1ccc(C)cc1)C(C)N. The first-order valence-electron chi connectivity index (χ1n) is 6.16. The van der Waals surface area contributed by atoms with Gasteiger partial charge in [0.05, 0.1) is 0 Å². The molecule has 1 aromatic rings. The number of likely N-dealkylation sites (N-methyl/N-ethyl adjacent to an activating group) is 1. The van der Waals surface area contributed by atoms with E-state index < -0.39 is 0 Å². The minimum absolute atomic E-state index is 0.155. The van der Waals surface area contributed by atoms with E-state index in [-0.39, 0.29) is 6.04 Å². The Morgan fingerprint density at radius 2 is 1.62 bits per heavy atom. The number of nitrogens with zero attached hydrogens (tertiary/aromatic N) is 1. The summed E-state index contributed by atoms with van der Waals surface area (Å²) in [5, 5.41) is 0. The summed E-state index contributed by atoms with van der Waals surface area (Å²) in [5.74, 6) is 0. The molecule has 0 heterocycles. The Morgan fingerprint density at radius 1 is 1.12 bits per heavy atom. The van der Waals surface area contributed by atoms with Gasteiger partial charge in [0, 0.05) is 12.1 Å². The Hall–Kier alpha value is -0.860. The van der Waals surface area contributed by atoms with Crippen LogP contribution in [0.1, 0.15) is 37.9 Å². The summed E-state index contributed by atoms with van der Waals surface area (Å²) in [5.41, 5.74) is 8.74. The van der Waals surface area contributed by atoms with Gasteiger partial charge < -0.3 is 5.73 Å². The summed E-state index contributed by atoms with van der Waals surface area (Å²) in [6, 6.07) is 9.20. The van der Waals surface area contributed by atoms with Crippen LogP contribution in [0.15, 0.2) is 24.3 Å². The molecule has 0 aliphatic rings. The zero-order valence-electron chi connectivity index (χ0n) is 10.9. The van der Waals surface area contributed by atoms with Gasteiger partial charge in [-0.1, -0.05) is 43.7 Å². The van der Waals surface area contributed by atoms with Crippen LogP contribution in [0.2, 0.25) is 0 Å². The number of aryl methyl sites for hydroxylation is 1. The maximum atomic E-state index is 6.12. The molecule has 0 bridgehead atoms. The summed E-state index contributed by atoms with van der Waals surface area (Å²) in [6.45, 7) is 10.7. The predicted molar refractivity (Wildman–Crippen MR) is 70.5 cm³/mol. The third-order valence-electron chi connectivity index (χ3n) is 3.12. The molecule has 2 N–H and O–H groups in total. The lowest BCUT2D eigenvalue weighted by atomic mass is 9.98. The van der Waals surface area contributed by atoms with Crippen LogP contribution in [0.25, 0.3) is 0 Å². The first kappa shape index (κ1) is 13.2. The highest BCUT2D eigenvalue weighted by atomic mass is 15.2. The van der Waals surface area contributed by atoms with E-state index in [2.05, 4.69) is 56.9 Å². The van der Waals surface area contributed by atoms with Crippen LogP contribution in [-0.4, -0.2) is 24.0 Å². The fourth-order valence-electron chi connectivity index (χ4n) is 2.23. The highest BCUT2D eigenvalue weighted by molar-refractivity contribution is 5.25. The molecule has 0 spiro atoms. The van der Waals surface area contributed by atoms with Crippen LogP contribution in [0.4, 0.5) is 0 Å². The molecule has 2 heteroatoms. The molecule has 0 amide bonds. The van der Waals surface area contributed by atoms with E-state index in [9.17, 15) is 0 Å². The number of hydrogen-bond donors (Lipinski definition) is 1. The van der Waals surface area contributed by atoms with E-state index in [1.165, 1.54) is 11.1 Å². The van der Waals surface area contributed by atoms with Crippen LogP contribution in [0.3, 0.4) is 0 Å². The molecule has 0 aromatic heterocycles. The molecule has 0 saturated heterocycles. The topological polar surface area (TPSA) is 29.3 Å². The lowest BCUT2D eigenvalue weighted by molar-refractivity contribution is 0.195. The molecule has 0 aliphatic carbocycles. The van der Waals surface area contributed by atoms with Gasteiger partial charge >= 0.3 is 0 Å². The van der Waals surface area contributed by atoms with Gasteiger partial charge in [-0.15, -0.1) is 0 Å². The van der Waals surface area contributed by atoms with Crippen molar-refractivity contribution in [2.24, 2.45) is 5.73 Å². The molecule has 1 rings (SSSR count). The monoisotopic (exact) mass is 220 g/mol. The van der Waals surface area contributed by atoms with Gasteiger partial charge in [0.15, 0.2) is 0 Å². The van der Waals surface area contributed by atoms with Gasteiger partial charge in [0.1, 0.15) is 0 Å². The van der Waals surface area contributed by atoms with E-state index in [0.29, 0.717) is 6.04 Å². The Balaban J connectivity index is 2.97. The molecular formula is C14H24N2. The number of benzene rings is 1. The van der Waals surface area contributed by atoms with Crippen LogP contribution in [0.5, 0.6) is 0 Å². The van der Waals surface area contributed by atoms with Crippen LogP contribution in [0, 0.1) is 6.92 Å². The van der Waals surface area contributed by atoms with E-state index in [0.717, 1.165) is 13.1 Å². The average Bonchev–Trinajstić information content (AvgIpc) is 2.27. The minimum Gasteiger partial charge on any atom is -0.326 e. The molecule has 1 aromatic carbocycles. The second kappa shape index (κ2) is 6.02. The molecule has 0 radical (unpaired) electrons. The first-order chi connectivity index (χ1) is 7.60. The second-order valence-electron chi connectivity index (χ2n) is 4.44. The summed E-state index contributed by atoms with van der Waals surface area (Å²) < 4.78 is 0. The third-order valence-corrected chi connectivity index (χ3v) is 3.12. The Bertz CT molecular complexity index is 299. The molecule has 0 saturated carbocycles. The fraction of sp³-hybridized carbons (Fsp3) is 0.571. The molecular weight excluding hydrogens is 196 g/mol. The zero-order chi connectivity index (χ0) is 12.1. The van der Waals surface area contributed by atoms with Gasteiger partial charge in [0.25, 0.3) is 0 Å². The van der Waals surface area contributed by atoms with E-state index in [1.54, 1.807) is 0 Å². The zero-order valence-corrected chi connectivity index (χ0v) is 10.9. The van der Waals surface area contributed by atoms with Crippen molar-refractivity contribution >= 4 is 0 Å².